The van der Waals surface area contributed by atoms with Crippen molar-refractivity contribution in [2.75, 3.05) is 0 Å². The fourth-order valence-electron chi connectivity index (χ4n) is 7.03. The van der Waals surface area contributed by atoms with E-state index in [9.17, 15) is 10.2 Å². The summed E-state index contributed by atoms with van der Waals surface area (Å²) in [6.45, 7) is 13.9. The molecule has 0 aliphatic heterocycles. The first-order chi connectivity index (χ1) is 14.1. The van der Waals surface area contributed by atoms with Crippen LogP contribution < -0.4 is 0 Å². The highest BCUT2D eigenvalue weighted by Gasteiger charge is 2.53. The van der Waals surface area contributed by atoms with E-state index < -0.39 is 0 Å². The largest absolute Gasteiger partial charge is 0.393 e. The lowest BCUT2D eigenvalue weighted by atomic mass is 9.59. The number of aliphatic hydroxyl groups is 2. The normalized spacial score (nSPS) is 35.2. The molecule has 1 aromatic rings. The summed E-state index contributed by atoms with van der Waals surface area (Å²) in [5.74, 6) is 3.01. The second-order valence-corrected chi connectivity index (χ2v) is 11.3. The molecule has 0 spiro atoms. The van der Waals surface area contributed by atoms with Crippen LogP contribution in [0.25, 0.3) is 0 Å². The van der Waals surface area contributed by atoms with Crippen molar-refractivity contribution < 1.29 is 10.2 Å². The van der Waals surface area contributed by atoms with Crippen molar-refractivity contribution in [2.45, 2.75) is 98.2 Å². The topological polar surface area (TPSA) is 40.5 Å². The molecule has 0 amide bonds. The molecule has 2 N–H and O–H groups in total. The van der Waals surface area contributed by atoms with Gasteiger partial charge < -0.3 is 10.2 Å². The van der Waals surface area contributed by atoms with E-state index in [-0.39, 0.29) is 17.6 Å². The summed E-state index contributed by atoms with van der Waals surface area (Å²) in [5.41, 5.74) is 6.78. The summed E-state index contributed by atoms with van der Waals surface area (Å²) < 4.78 is 0. The Bertz CT molecular complexity index is 822. The Morgan fingerprint density at radius 3 is 2.50 bits per heavy atom. The van der Waals surface area contributed by atoms with Gasteiger partial charge in [0.1, 0.15) is 0 Å². The zero-order valence-corrected chi connectivity index (χ0v) is 19.9. The van der Waals surface area contributed by atoms with Crippen LogP contribution in [0.15, 0.2) is 18.2 Å². The fourth-order valence-corrected chi connectivity index (χ4v) is 7.03. The Labute approximate surface area is 183 Å². The van der Waals surface area contributed by atoms with Crippen LogP contribution in [0.1, 0.15) is 100 Å². The van der Waals surface area contributed by atoms with E-state index in [0.717, 1.165) is 25.7 Å². The maximum Gasteiger partial charge on any atom is 0.0801 e. The molecule has 1 aromatic carbocycles. The number of aryl methyl sites for hydroxylation is 1. The van der Waals surface area contributed by atoms with Crippen LogP contribution in [0, 0.1) is 36.0 Å². The fraction of sp³-hybridized carbons (Fsp3) is 0.714. The first-order valence-corrected chi connectivity index (χ1v) is 12.3. The Kier molecular flexibility index (Phi) is 5.96. The molecule has 7 atom stereocenters. The van der Waals surface area contributed by atoms with Crippen LogP contribution in [0.4, 0.5) is 0 Å². The lowest BCUT2D eigenvalue weighted by molar-refractivity contribution is 0.0437. The van der Waals surface area contributed by atoms with E-state index in [1.165, 1.54) is 40.7 Å². The molecule has 4 rings (SSSR count). The lowest BCUT2D eigenvalue weighted by Gasteiger charge is -2.46. The Morgan fingerprint density at radius 2 is 1.80 bits per heavy atom. The summed E-state index contributed by atoms with van der Waals surface area (Å²) in [6.07, 6.45) is 10.2. The first-order valence-electron chi connectivity index (χ1n) is 12.3. The van der Waals surface area contributed by atoms with Crippen LogP contribution in [0.2, 0.25) is 0 Å². The molecule has 0 unspecified atom stereocenters. The maximum absolute atomic E-state index is 11.3. The predicted octanol–water partition coefficient (Wildman–Crippen LogP) is 6.27. The quantitative estimate of drug-likeness (QED) is 0.575. The Morgan fingerprint density at radius 1 is 1.07 bits per heavy atom. The van der Waals surface area contributed by atoms with Crippen LogP contribution in [0.5, 0.6) is 0 Å². The van der Waals surface area contributed by atoms with Gasteiger partial charge in [0.2, 0.25) is 0 Å². The number of fused-ring (bicyclic) bond motifs is 4. The van der Waals surface area contributed by atoms with Gasteiger partial charge in [-0.25, -0.2) is 0 Å². The molecule has 1 saturated carbocycles. The van der Waals surface area contributed by atoms with Crippen LogP contribution in [-0.4, -0.2) is 16.3 Å². The van der Waals surface area contributed by atoms with E-state index in [4.69, 9.17) is 0 Å². The summed E-state index contributed by atoms with van der Waals surface area (Å²) in [4.78, 5) is 0. The van der Waals surface area contributed by atoms with Gasteiger partial charge in [0, 0.05) is 0 Å². The number of rotatable bonds is 4. The van der Waals surface area contributed by atoms with Gasteiger partial charge in [0.15, 0.2) is 0 Å². The monoisotopic (exact) mass is 410 g/mol. The van der Waals surface area contributed by atoms with Crippen molar-refractivity contribution >= 4 is 0 Å². The third-order valence-electron chi connectivity index (χ3n) is 9.23. The van der Waals surface area contributed by atoms with Crippen molar-refractivity contribution in [3.05, 3.63) is 46.0 Å². The number of hydrogen-bond donors (Lipinski definition) is 2. The highest BCUT2D eigenvalue weighted by atomic mass is 16.3. The molecule has 30 heavy (non-hydrogen) atoms. The molecule has 0 radical (unpaired) electrons. The van der Waals surface area contributed by atoms with Gasteiger partial charge in [-0.2, -0.15) is 0 Å². The molecule has 0 aromatic heterocycles. The van der Waals surface area contributed by atoms with Gasteiger partial charge >= 0.3 is 0 Å². The van der Waals surface area contributed by atoms with Gasteiger partial charge in [-0.05, 0) is 108 Å². The zero-order chi connectivity index (χ0) is 21.8. The van der Waals surface area contributed by atoms with Crippen molar-refractivity contribution in [1.29, 1.82) is 0 Å². The molecule has 0 saturated heterocycles. The van der Waals surface area contributed by atoms with Gasteiger partial charge in [0.25, 0.3) is 0 Å². The molecule has 3 aliphatic carbocycles. The Balaban J connectivity index is 1.67. The van der Waals surface area contributed by atoms with Gasteiger partial charge in [-0.3, -0.25) is 0 Å². The molecule has 0 bridgehead atoms. The van der Waals surface area contributed by atoms with Gasteiger partial charge in [-0.1, -0.05) is 52.8 Å². The molecule has 3 aliphatic rings. The van der Waals surface area contributed by atoms with E-state index in [1.807, 2.05) is 0 Å². The Hall–Kier alpha value is -1.12. The van der Waals surface area contributed by atoms with Crippen molar-refractivity contribution in [3.8, 4) is 0 Å². The zero-order valence-electron chi connectivity index (χ0n) is 19.9. The second-order valence-electron chi connectivity index (χ2n) is 11.3. The van der Waals surface area contributed by atoms with Crippen LogP contribution in [-0.2, 0) is 12.8 Å². The average Bonchev–Trinajstić information content (AvgIpc) is 3.03. The number of aliphatic hydroxyl groups excluding tert-OH is 2. The summed E-state index contributed by atoms with van der Waals surface area (Å²) in [5, 5.41) is 21.5. The van der Waals surface area contributed by atoms with Gasteiger partial charge in [-0.15, -0.1) is 0 Å². The smallest absolute Gasteiger partial charge is 0.0801 e. The molecule has 2 nitrogen and oxygen atoms in total. The predicted molar refractivity (Wildman–Crippen MR) is 125 cm³/mol. The second kappa shape index (κ2) is 8.10. The third-order valence-corrected chi connectivity index (χ3v) is 9.23. The number of allylic oxidation sites excluding steroid dienone is 2. The molecule has 0 heterocycles. The van der Waals surface area contributed by atoms with Crippen molar-refractivity contribution in [3.63, 3.8) is 0 Å². The van der Waals surface area contributed by atoms with Crippen molar-refractivity contribution in [1.82, 2.24) is 0 Å². The number of benzene rings is 1. The van der Waals surface area contributed by atoms with Crippen LogP contribution in [0.3, 0.4) is 0 Å². The summed E-state index contributed by atoms with van der Waals surface area (Å²) in [6, 6.07) is 2.43. The summed E-state index contributed by atoms with van der Waals surface area (Å²) in [7, 11) is 0. The molecule has 166 valence electrons. The molecule has 1 fully saturated rings. The average molecular weight is 411 g/mol. The van der Waals surface area contributed by atoms with Crippen molar-refractivity contribution in [2.24, 2.45) is 29.1 Å². The SMILES string of the molecule is Cc1c2c(cc3c1[C@H](O)C[C@]1(C)[C@@H]([C@H](C)C=C[C@H](C)C(C)C)CC[C@@H]31)CC[C@H](O)C2. The molecular weight excluding hydrogens is 368 g/mol. The van der Waals surface area contributed by atoms with E-state index >= 15 is 0 Å². The molecule has 2 heteroatoms. The highest BCUT2D eigenvalue weighted by Crippen LogP contribution is 2.63. The third kappa shape index (κ3) is 3.58. The minimum absolute atomic E-state index is 0.159. The number of hydrogen-bond acceptors (Lipinski definition) is 2. The first kappa shape index (κ1) is 22.1. The minimum atomic E-state index is -0.378. The minimum Gasteiger partial charge on any atom is -0.393 e. The maximum atomic E-state index is 11.3. The lowest BCUT2D eigenvalue weighted by Crippen LogP contribution is -2.37. The van der Waals surface area contributed by atoms with E-state index in [0.29, 0.717) is 29.6 Å². The molecular formula is C28H42O2. The van der Waals surface area contributed by atoms with E-state index in [1.54, 1.807) is 0 Å². The summed E-state index contributed by atoms with van der Waals surface area (Å²) >= 11 is 0. The van der Waals surface area contributed by atoms with E-state index in [2.05, 4.69) is 59.8 Å². The van der Waals surface area contributed by atoms with Gasteiger partial charge in [0.05, 0.1) is 12.2 Å². The standard InChI is InChI=1S/C28H42O2/c1-16(2)17(3)7-8-18(4)24-11-12-25-23-13-20-9-10-21(29)14-22(20)19(5)27(23)26(30)15-28(24,25)6/h7-8,13,16-18,21,24-26,29-30H,9-12,14-15H2,1-6H3/t17-,18+,21-,24+,25-,26+,28+/m0/s1. The van der Waals surface area contributed by atoms with Crippen LogP contribution >= 0.6 is 0 Å². The highest BCUT2D eigenvalue weighted by molar-refractivity contribution is 5.51.